The van der Waals surface area contributed by atoms with Gasteiger partial charge in [0.05, 0.1) is 10.5 Å². The monoisotopic (exact) mass is 217 g/mol. The average molecular weight is 217 g/mol. The predicted molar refractivity (Wildman–Crippen MR) is 55.9 cm³/mol. The zero-order chi connectivity index (χ0) is 11.5. The molecule has 0 unspecified atom stereocenters. The maximum absolute atomic E-state index is 10.5. The van der Waals surface area contributed by atoms with Crippen LogP contribution in [0.4, 0.5) is 5.69 Å². The molecule has 0 atom stereocenters. The van der Waals surface area contributed by atoms with Crippen LogP contribution in [0.15, 0.2) is 48.7 Å². The van der Waals surface area contributed by atoms with Crippen LogP contribution in [0.2, 0.25) is 0 Å². The van der Waals surface area contributed by atoms with Gasteiger partial charge in [0.2, 0.25) is 6.20 Å². The van der Waals surface area contributed by atoms with E-state index in [0.717, 1.165) is 4.73 Å². The standard InChI is InChI=1S/C11H9N2O3/c14-12-8-2-1-3-11(12)9-4-6-10(7-5-9)13(15)16/h1-8,14H/q+1. The van der Waals surface area contributed by atoms with Crippen LogP contribution in [0.3, 0.4) is 0 Å². The van der Waals surface area contributed by atoms with Gasteiger partial charge in [0.1, 0.15) is 0 Å². The molecule has 0 bridgehead atoms. The van der Waals surface area contributed by atoms with Crippen LogP contribution in [-0.4, -0.2) is 10.1 Å². The minimum Gasteiger partial charge on any atom is -0.285 e. The van der Waals surface area contributed by atoms with Crippen molar-refractivity contribution in [1.82, 2.24) is 0 Å². The van der Waals surface area contributed by atoms with E-state index in [4.69, 9.17) is 0 Å². The molecule has 1 aromatic carbocycles. The van der Waals surface area contributed by atoms with E-state index in [1.807, 2.05) is 0 Å². The van der Waals surface area contributed by atoms with E-state index >= 15 is 0 Å². The van der Waals surface area contributed by atoms with Crippen LogP contribution >= 0.6 is 0 Å². The molecule has 0 spiro atoms. The Kier molecular flexibility index (Phi) is 2.51. The van der Waals surface area contributed by atoms with Crippen molar-refractivity contribution in [2.75, 3.05) is 0 Å². The van der Waals surface area contributed by atoms with Gasteiger partial charge < -0.3 is 0 Å². The molecule has 5 heteroatoms. The summed E-state index contributed by atoms with van der Waals surface area (Å²) in [5, 5.41) is 20.0. The lowest BCUT2D eigenvalue weighted by atomic mass is 10.1. The lowest BCUT2D eigenvalue weighted by Crippen LogP contribution is -2.31. The summed E-state index contributed by atoms with van der Waals surface area (Å²) in [5.41, 5.74) is 1.33. The fourth-order valence-corrected chi connectivity index (χ4v) is 1.42. The van der Waals surface area contributed by atoms with E-state index < -0.39 is 4.92 Å². The Bertz CT molecular complexity index is 523. The lowest BCUT2D eigenvalue weighted by molar-refractivity contribution is -0.896. The summed E-state index contributed by atoms with van der Waals surface area (Å²) in [4.78, 5) is 10.0. The number of aromatic nitrogens is 1. The number of non-ortho nitro benzene ring substituents is 1. The van der Waals surface area contributed by atoms with Crippen molar-refractivity contribution in [2.45, 2.75) is 0 Å². The average Bonchev–Trinajstić information content (AvgIpc) is 2.30. The van der Waals surface area contributed by atoms with Crippen molar-refractivity contribution in [1.29, 1.82) is 0 Å². The molecule has 0 saturated heterocycles. The van der Waals surface area contributed by atoms with Crippen LogP contribution in [0, 0.1) is 10.1 Å². The van der Waals surface area contributed by atoms with E-state index in [2.05, 4.69) is 0 Å². The largest absolute Gasteiger partial charge is 0.285 e. The van der Waals surface area contributed by atoms with Crippen molar-refractivity contribution >= 4 is 5.69 Å². The van der Waals surface area contributed by atoms with Crippen LogP contribution in [0.1, 0.15) is 0 Å². The number of hydrogen-bond acceptors (Lipinski definition) is 3. The maximum atomic E-state index is 10.5. The number of pyridine rings is 1. The summed E-state index contributed by atoms with van der Waals surface area (Å²) in [6.45, 7) is 0. The highest BCUT2D eigenvalue weighted by atomic mass is 16.6. The third-order valence-electron chi connectivity index (χ3n) is 2.21. The highest BCUT2D eigenvalue weighted by Gasteiger charge is 2.12. The first kappa shape index (κ1) is 10.1. The maximum Gasteiger partial charge on any atom is 0.269 e. The zero-order valence-electron chi connectivity index (χ0n) is 8.28. The third-order valence-corrected chi connectivity index (χ3v) is 2.21. The SMILES string of the molecule is O=[N+]([O-])c1ccc(-c2cccc[n+]2O)cc1. The number of nitro groups is 1. The fraction of sp³-hybridized carbons (Fsp3) is 0. The molecule has 0 radical (unpaired) electrons. The third kappa shape index (κ3) is 1.83. The summed E-state index contributed by atoms with van der Waals surface area (Å²) in [6.07, 6.45) is 1.50. The second-order valence-electron chi connectivity index (χ2n) is 3.23. The molecule has 1 heterocycles. The van der Waals surface area contributed by atoms with Gasteiger partial charge in [-0.1, -0.05) is 0 Å². The van der Waals surface area contributed by atoms with E-state index in [1.54, 1.807) is 30.3 Å². The number of rotatable bonds is 2. The summed E-state index contributed by atoms with van der Waals surface area (Å²) in [5.74, 6) is 0. The summed E-state index contributed by atoms with van der Waals surface area (Å²) in [6, 6.07) is 11.2. The molecule has 0 amide bonds. The number of nitrogens with zero attached hydrogens (tertiary/aromatic N) is 2. The Morgan fingerprint density at radius 2 is 1.81 bits per heavy atom. The van der Waals surface area contributed by atoms with Gasteiger partial charge in [0, 0.05) is 29.0 Å². The summed E-state index contributed by atoms with van der Waals surface area (Å²) < 4.78 is 0.973. The highest BCUT2D eigenvalue weighted by molar-refractivity contribution is 5.57. The molecule has 16 heavy (non-hydrogen) atoms. The molecule has 0 saturated carbocycles. The molecule has 80 valence electrons. The van der Waals surface area contributed by atoms with Crippen molar-refractivity contribution in [3.8, 4) is 11.3 Å². The van der Waals surface area contributed by atoms with Crippen LogP contribution in [-0.2, 0) is 0 Å². The van der Waals surface area contributed by atoms with Crippen LogP contribution in [0.5, 0.6) is 0 Å². The molecular weight excluding hydrogens is 208 g/mol. The fourth-order valence-electron chi connectivity index (χ4n) is 1.42. The van der Waals surface area contributed by atoms with Crippen molar-refractivity contribution < 1.29 is 14.9 Å². The summed E-state index contributed by atoms with van der Waals surface area (Å²) in [7, 11) is 0. The number of nitro benzene ring substituents is 1. The van der Waals surface area contributed by atoms with E-state index in [9.17, 15) is 15.3 Å². The molecule has 2 aromatic rings. The Balaban J connectivity index is 2.43. The van der Waals surface area contributed by atoms with E-state index in [0.29, 0.717) is 11.3 Å². The van der Waals surface area contributed by atoms with Gasteiger partial charge in [-0.3, -0.25) is 15.3 Å². The predicted octanol–water partition coefficient (Wildman–Crippen LogP) is 1.79. The van der Waals surface area contributed by atoms with Crippen molar-refractivity contribution in [3.05, 3.63) is 58.8 Å². The van der Waals surface area contributed by atoms with Crippen molar-refractivity contribution in [2.24, 2.45) is 0 Å². The Labute approximate surface area is 91.3 Å². The smallest absolute Gasteiger partial charge is 0.269 e. The van der Waals surface area contributed by atoms with Gasteiger partial charge in [-0.15, -0.1) is 0 Å². The number of benzene rings is 1. The molecular formula is C11H9N2O3+. The van der Waals surface area contributed by atoms with Gasteiger partial charge in [0.15, 0.2) is 0 Å². The first-order valence-electron chi connectivity index (χ1n) is 4.63. The lowest BCUT2D eigenvalue weighted by Gasteiger charge is -1.96. The van der Waals surface area contributed by atoms with E-state index in [1.165, 1.54) is 18.3 Å². The Morgan fingerprint density at radius 3 is 2.38 bits per heavy atom. The second kappa shape index (κ2) is 3.98. The minimum atomic E-state index is -0.457. The molecule has 5 nitrogen and oxygen atoms in total. The highest BCUT2D eigenvalue weighted by Crippen LogP contribution is 2.18. The Morgan fingerprint density at radius 1 is 1.12 bits per heavy atom. The van der Waals surface area contributed by atoms with Gasteiger partial charge in [0.25, 0.3) is 11.4 Å². The second-order valence-corrected chi connectivity index (χ2v) is 3.23. The molecule has 0 aliphatic carbocycles. The van der Waals surface area contributed by atoms with Gasteiger partial charge in [-0.05, 0) is 18.2 Å². The van der Waals surface area contributed by atoms with Crippen LogP contribution in [0.25, 0.3) is 11.3 Å². The summed E-state index contributed by atoms with van der Waals surface area (Å²) >= 11 is 0. The molecule has 1 aromatic heterocycles. The first-order valence-corrected chi connectivity index (χ1v) is 4.63. The zero-order valence-corrected chi connectivity index (χ0v) is 8.28. The number of hydrogen-bond donors (Lipinski definition) is 1. The van der Waals surface area contributed by atoms with Gasteiger partial charge in [-0.2, -0.15) is 0 Å². The van der Waals surface area contributed by atoms with Gasteiger partial charge in [-0.25, -0.2) is 0 Å². The molecule has 0 aliphatic rings. The molecule has 1 N–H and O–H groups in total. The Hall–Kier alpha value is -2.43. The van der Waals surface area contributed by atoms with E-state index in [-0.39, 0.29) is 5.69 Å². The van der Waals surface area contributed by atoms with Crippen molar-refractivity contribution in [3.63, 3.8) is 0 Å². The molecule has 0 aliphatic heterocycles. The molecule has 0 fully saturated rings. The topological polar surface area (TPSA) is 67.2 Å². The van der Waals surface area contributed by atoms with Gasteiger partial charge >= 0.3 is 0 Å². The first-order chi connectivity index (χ1) is 7.68. The molecule has 2 rings (SSSR count). The minimum absolute atomic E-state index is 0.0316. The van der Waals surface area contributed by atoms with Crippen LogP contribution < -0.4 is 4.73 Å². The quantitative estimate of drug-likeness (QED) is 0.361. The normalized spacial score (nSPS) is 10.0.